The molecule has 3 aromatic carbocycles. The lowest BCUT2D eigenvalue weighted by Crippen LogP contribution is -2.26. The quantitative estimate of drug-likeness (QED) is 0.417. The molecular formula is C28H30O4. The molecule has 0 heterocycles. The summed E-state index contributed by atoms with van der Waals surface area (Å²) in [6, 6.07) is 24.5. The van der Waals surface area contributed by atoms with E-state index >= 15 is 0 Å². The topological polar surface area (TPSA) is 55.8 Å². The molecule has 166 valence electrons. The van der Waals surface area contributed by atoms with Gasteiger partial charge in [0.2, 0.25) is 0 Å². The molecule has 1 N–H and O–H groups in total. The number of hydrogen-bond donors (Lipinski definition) is 1. The van der Waals surface area contributed by atoms with Crippen LogP contribution in [-0.2, 0) is 16.0 Å². The van der Waals surface area contributed by atoms with E-state index in [2.05, 4.69) is 68.5 Å². The second kappa shape index (κ2) is 11.3. The first-order valence-electron chi connectivity index (χ1n) is 10.9. The van der Waals surface area contributed by atoms with Gasteiger partial charge in [-0.05, 0) is 66.8 Å². The van der Waals surface area contributed by atoms with Gasteiger partial charge in [-0.3, -0.25) is 0 Å². The summed E-state index contributed by atoms with van der Waals surface area (Å²) >= 11 is 0. The van der Waals surface area contributed by atoms with E-state index in [0.29, 0.717) is 19.6 Å². The van der Waals surface area contributed by atoms with Crippen molar-refractivity contribution in [2.24, 2.45) is 0 Å². The standard InChI is InChI=1S/C28H30O4/c1-4-31-27(28(29)30)19-22-8-14-26(15-9-22)32-17-16-21(3)23-10-12-24(13-11-23)25-7-5-6-20(2)18-25/h5-16,18,27H,4,17,19H2,1-3H3,(H,29,30). The Hall–Kier alpha value is -3.37. The van der Waals surface area contributed by atoms with Crippen LogP contribution in [0.3, 0.4) is 0 Å². The van der Waals surface area contributed by atoms with Crippen LogP contribution in [0.1, 0.15) is 30.5 Å². The van der Waals surface area contributed by atoms with Crippen LogP contribution in [0.4, 0.5) is 0 Å². The Morgan fingerprint density at radius 3 is 2.34 bits per heavy atom. The molecule has 4 heteroatoms. The van der Waals surface area contributed by atoms with E-state index in [-0.39, 0.29) is 0 Å². The van der Waals surface area contributed by atoms with Gasteiger partial charge in [0.15, 0.2) is 6.10 Å². The largest absolute Gasteiger partial charge is 0.490 e. The zero-order chi connectivity index (χ0) is 22.9. The molecule has 3 aromatic rings. The molecule has 4 nitrogen and oxygen atoms in total. The maximum atomic E-state index is 11.2. The number of allylic oxidation sites excluding steroid dienone is 1. The molecule has 0 aliphatic carbocycles. The van der Waals surface area contributed by atoms with Gasteiger partial charge in [0.05, 0.1) is 0 Å². The van der Waals surface area contributed by atoms with Crippen molar-refractivity contribution in [1.29, 1.82) is 0 Å². The number of carbonyl (C=O) groups is 1. The summed E-state index contributed by atoms with van der Waals surface area (Å²) in [5, 5.41) is 9.21. The minimum atomic E-state index is -0.945. The molecular weight excluding hydrogens is 400 g/mol. The second-order valence-electron chi connectivity index (χ2n) is 7.78. The summed E-state index contributed by atoms with van der Waals surface area (Å²) in [5.41, 5.74) is 6.90. The fourth-order valence-electron chi connectivity index (χ4n) is 3.49. The van der Waals surface area contributed by atoms with E-state index in [1.807, 2.05) is 24.3 Å². The lowest BCUT2D eigenvalue weighted by molar-refractivity contribution is -0.149. The van der Waals surface area contributed by atoms with E-state index in [1.165, 1.54) is 16.7 Å². The monoisotopic (exact) mass is 430 g/mol. The van der Waals surface area contributed by atoms with Crippen LogP contribution < -0.4 is 4.74 Å². The Kier molecular flexibility index (Phi) is 8.23. The number of aliphatic carboxylic acids is 1. The third-order valence-corrected chi connectivity index (χ3v) is 5.32. The molecule has 0 spiro atoms. The molecule has 0 fully saturated rings. The lowest BCUT2D eigenvalue weighted by Gasteiger charge is -2.12. The summed E-state index contributed by atoms with van der Waals surface area (Å²) in [5.74, 6) is -0.199. The lowest BCUT2D eigenvalue weighted by atomic mass is 10.00. The van der Waals surface area contributed by atoms with Crippen LogP contribution >= 0.6 is 0 Å². The molecule has 1 unspecified atom stereocenters. The molecule has 0 saturated heterocycles. The number of benzene rings is 3. The summed E-state index contributed by atoms with van der Waals surface area (Å²) in [6.45, 7) is 6.81. The predicted octanol–water partition coefficient (Wildman–Crippen LogP) is 6.18. The average Bonchev–Trinajstić information content (AvgIpc) is 2.80. The van der Waals surface area contributed by atoms with Crippen LogP contribution in [0.15, 0.2) is 78.9 Å². The normalized spacial score (nSPS) is 12.4. The molecule has 0 bridgehead atoms. The molecule has 3 rings (SSSR count). The average molecular weight is 431 g/mol. The SMILES string of the molecule is CCOC(Cc1ccc(OCC=C(C)c2ccc(-c3cccc(C)c3)cc2)cc1)C(=O)O. The number of ether oxygens (including phenoxy) is 2. The molecule has 0 amide bonds. The minimum Gasteiger partial charge on any atom is -0.490 e. The molecule has 0 saturated carbocycles. The highest BCUT2D eigenvalue weighted by Gasteiger charge is 2.17. The third kappa shape index (κ3) is 6.56. The predicted molar refractivity (Wildman–Crippen MR) is 129 cm³/mol. The van der Waals surface area contributed by atoms with Gasteiger partial charge in [0, 0.05) is 13.0 Å². The third-order valence-electron chi connectivity index (χ3n) is 5.32. The number of aryl methyl sites for hydroxylation is 1. The van der Waals surface area contributed by atoms with E-state index in [1.54, 1.807) is 6.92 Å². The van der Waals surface area contributed by atoms with Crippen molar-refractivity contribution >= 4 is 11.5 Å². The van der Waals surface area contributed by atoms with E-state index in [4.69, 9.17) is 9.47 Å². The van der Waals surface area contributed by atoms with Crippen molar-refractivity contribution < 1.29 is 19.4 Å². The van der Waals surface area contributed by atoms with Gasteiger partial charge in [-0.1, -0.05) is 66.2 Å². The van der Waals surface area contributed by atoms with Gasteiger partial charge in [-0.15, -0.1) is 0 Å². The molecule has 0 aliphatic rings. The minimum absolute atomic E-state index is 0.334. The van der Waals surface area contributed by atoms with Crippen LogP contribution in [0.2, 0.25) is 0 Å². The summed E-state index contributed by atoms with van der Waals surface area (Å²) in [7, 11) is 0. The molecule has 0 radical (unpaired) electrons. The van der Waals surface area contributed by atoms with Crippen molar-refractivity contribution in [1.82, 2.24) is 0 Å². The number of carboxylic acids is 1. The van der Waals surface area contributed by atoms with Crippen LogP contribution in [0.25, 0.3) is 16.7 Å². The Morgan fingerprint density at radius 2 is 1.72 bits per heavy atom. The van der Waals surface area contributed by atoms with E-state index in [0.717, 1.165) is 22.4 Å². The van der Waals surface area contributed by atoms with Gasteiger partial charge < -0.3 is 14.6 Å². The first kappa shape index (κ1) is 23.3. The first-order chi connectivity index (χ1) is 15.5. The Balaban J connectivity index is 1.55. The maximum Gasteiger partial charge on any atom is 0.333 e. The van der Waals surface area contributed by atoms with Crippen molar-refractivity contribution in [2.45, 2.75) is 33.3 Å². The molecule has 0 aromatic heterocycles. The first-order valence-corrected chi connectivity index (χ1v) is 10.9. The highest BCUT2D eigenvalue weighted by atomic mass is 16.5. The second-order valence-corrected chi connectivity index (χ2v) is 7.78. The summed E-state index contributed by atoms with van der Waals surface area (Å²) < 4.78 is 11.1. The number of carboxylic acid groups (broad SMARTS) is 1. The van der Waals surface area contributed by atoms with Gasteiger partial charge in [0.1, 0.15) is 12.4 Å². The van der Waals surface area contributed by atoms with Crippen LogP contribution in [0.5, 0.6) is 5.75 Å². The molecule has 0 aliphatic heterocycles. The smallest absolute Gasteiger partial charge is 0.333 e. The van der Waals surface area contributed by atoms with E-state index < -0.39 is 12.1 Å². The van der Waals surface area contributed by atoms with Gasteiger partial charge in [-0.25, -0.2) is 4.79 Å². The Labute approximate surface area is 190 Å². The van der Waals surface area contributed by atoms with Gasteiger partial charge in [-0.2, -0.15) is 0 Å². The fraction of sp³-hybridized carbons (Fsp3) is 0.250. The van der Waals surface area contributed by atoms with Crippen LogP contribution in [0, 0.1) is 6.92 Å². The summed E-state index contributed by atoms with van der Waals surface area (Å²) in [4.78, 5) is 11.2. The highest BCUT2D eigenvalue weighted by molar-refractivity contribution is 5.72. The number of rotatable bonds is 10. The van der Waals surface area contributed by atoms with Crippen molar-refractivity contribution in [2.75, 3.05) is 13.2 Å². The van der Waals surface area contributed by atoms with Crippen molar-refractivity contribution in [3.8, 4) is 16.9 Å². The molecule has 32 heavy (non-hydrogen) atoms. The van der Waals surface area contributed by atoms with Gasteiger partial charge in [0.25, 0.3) is 0 Å². The fourth-order valence-corrected chi connectivity index (χ4v) is 3.49. The van der Waals surface area contributed by atoms with Gasteiger partial charge >= 0.3 is 5.97 Å². The molecule has 1 atom stereocenters. The van der Waals surface area contributed by atoms with Crippen LogP contribution in [-0.4, -0.2) is 30.4 Å². The summed E-state index contributed by atoms with van der Waals surface area (Å²) in [6.07, 6.45) is 1.57. The zero-order valence-electron chi connectivity index (χ0n) is 18.9. The van der Waals surface area contributed by atoms with Crippen molar-refractivity contribution in [3.63, 3.8) is 0 Å². The Bertz CT molecular complexity index is 1050. The van der Waals surface area contributed by atoms with E-state index in [9.17, 15) is 9.90 Å². The van der Waals surface area contributed by atoms with Crippen molar-refractivity contribution in [3.05, 3.63) is 95.6 Å². The zero-order valence-corrected chi connectivity index (χ0v) is 18.9. The number of hydrogen-bond acceptors (Lipinski definition) is 3. The highest BCUT2D eigenvalue weighted by Crippen LogP contribution is 2.23. The maximum absolute atomic E-state index is 11.2. The Morgan fingerprint density at radius 1 is 1.00 bits per heavy atom.